The number of nitrogens with zero attached hydrogens (tertiary/aromatic N) is 3. The van der Waals surface area contributed by atoms with Crippen LogP contribution < -0.4 is 4.90 Å². The van der Waals surface area contributed by atoms with E-state index < -0.39 is 10.0 Å². The molecule has 5 nitrogen and oxygen atoms in total. The lowest BCUT2D eigenvalue weighted by atomic mass is 10.0. The first-order valence-electron chi connectivity index (χ1n) is 10.2. The van der Waals surface area contributed by atoms with Gasteiger partial charge in [-0.2, -0.15) is 4.31 Å². The van der Waals surface area contributed by atoms with Crippen LogP contribution in [0.25, 0.3) is 11.3 Å². The Labute approximate surface area is 183 Å². The number of hydrogen-bond acceptors (Lipinski definition) is 5. The lowest BCUT2D eigenvalue weighted by Gasteiger charge is -2.35. The number of sulfonamides is 1. The van der Waals surface area contributed by atoms with Gasteiger partial charge in [0, 0.05) is 42.8 Å². The summed E-state index contributed by atoms with van der Waals surface area (Å²) >= 11 is 1.57. The molecule has 1 aliphatic heterocycles. The number of rotatable bonds is 5. The fourth-order valence-electron chi connectivity index (χ4n) is 3.85. The van der Waals surface area contributed by atoms with E-state index in [1.165, 1.54) is 0 Å². The van der Waals surface area contributed by atoms with E-state index in [1.54, 1.807) is 15.6 Å². The van der Waals surface area contributed by atoms with Gasteiger partial charge in [-0.05, 0) is 36.6 Å². The van der Waals surface area contributed by atoms with Gasteiger partial charge in [-0.15, -0.1) is 11.3 Å². The Balaban J connectivity index is 1.63. The second-order valence-electron chi connectivity index (χ2n) is 7.89. The van der Waals surface area contributed by atoms with Crippen molar-refractivity contribution in [3.05, 3.63) is 64.5 Å². The van der Waals surface area contributed by atoms with E-state index in [0.29, 0.717) is 31.1 Å². The predicted octanol–water partition coefficient (Wildman–Crippen LogP) is 4.75. The largest absolute Gasteiger partial charge is 0.369 e. The van der Waals surface area contributed by atoms with Crippen LogP contribution in [0.4, 0.5) is 5.69 Å². The normalized spacial score (nSPS) is 15.7. The van der Waals surface area contributed by atoms with Crippen molar-refractivity contribution >= 4 is 27.0 Å². The molecular weight excluding hydrogens is 414 g/mol. The van der Waals surface area contributed by atoms with Crippen LogP contribution in [-0.4, -0.2) is 43.9 Å². The first kappa shape index (κ1) is 21.0. The number of piperazine rings is 1. The van der Waals surface area contributed by atoms with Gasteiger partial charge in [0.25, 0.3) is 0 Å². The molecule has 0 atom stereocenters. The second kappa shape index (κ2) is 8.49. The van der Waals surface area contributed by atoms with Gasteiger partial charge in [0.1, 0.15) is 0 Å². The predicted molar refractivity (Wildman–Crippen MR) is 124 cm³/mol. The van der Waals surface area contributed by atoms with Crippen LogP contribution in [0.2, 0.25) is 0 Å². The van der Waals surface area contributed by atoms with Crippen LogP contribution in [0, 0.1) is 6.92 Å². The van der Waals surface area contributed by atoms with Crippen molar-refractivity contribution in [1.82, 2.24) is 9.29 Å². The summed E-state index contributed by atoms with van der Waals surface area (Å²) in [7, 11) is -3.58. The molecule has 0 unspecified atom stereocenters. The lowest BCUT2D eigenvalue weighted by molar-refractivity contribution is 0.384. The molecule has 0 spiro atoms. The summed E-state index contributed by atoms with van der Waals surface area (Å²) in [6.07, 6.45) is 0. The van der Waals surface area contributed by atoms with E-state index in [4.69, 9.17) is 0 Å². The fourth-order valence-corrected chi connectivity index (χ4v) is 6.28. The molecule has 0 radical (unpaired) electrons. The molecule has 0 saturated carbocycles. The number of aryl methyl sites for hydroxylation is 1. The van der Waals surface area contributed by atoms with Crippen LogP contribution in [0.1, 0.15) is 30.3 Å². The van der Waals surface area contributed by atoms with E-state index in [2.05, 4.69) is 22.0 Å². The van der Waals surface area contributed by atoms with Crippen molar-refractivity contribution in [3.8, 4) is 11.3 Å². The number of benzene rings is 2. The third kappa shape index (κ3) is 4.15. The Kier molecular flexibility index (Phi) is 5.95. The van der Waals surface area contributed by atoms with Crippen LogP contribution in [-0.2, 0) is 10.0 Å². The van der Waals surface area contributed by atoms with E-state index in [0.717, 1.165) is 27.5 Å². The number of anilines is 1. The molecule has 30 heavy (non-hydrogen) atoms. The third-order valence-electron chi connectivity index (χ3n) is 5.53. The minimum absolute atomic E-state index is 0.117. The summed E-state index contributed by atoms with van der Waals surface area (Å²) in [5, 5.41) is 2.95. The van der Waals surface area contributed by atoms with Gasteiger partial charge in [-0.25, -0.2) is 13.4 Å². The van der Waals surface area contributed by atoms with Crippen molar-refractivity contribution in [2.75, 3.05) is 31.1 Å². The van der Waals surface area contributed by atoms with Crippen molar-refractivity contribution in [3.63, 3.8) is 0 Å². The molecule has 2 aromatic carbocycles. The highest BCUT2D eigenvalue weighted by atomic mass is 32.2. The highest BCUT2D eigenvalue weighted by Gasteiger charge is 2.31. The second-order valence-corrected chi connectivity index (χ2v) is 10.9. The number of hydrogen-bond donors (Lipinski definition) is 0. The summed E-state index contributed by atoms with van der Waals surface area (Å²) in [4.78, 5) is 7.19. The summed E-state index contributed by atoms with van der Waals surface area (Å²) in [5.41, 5.74) is 3.68. The smallest absolute Gasteiger partial charge is 0.243 e. The van der Waals surface area contributed by atoms with Crippen LogP contribution in [0.5, 0.6) is 0 Å². The molecule has 2 heterocycles. The minimum Gasteiger partial charge on any atom is -0.369 e. The Morgan fingerprint density at radius 3 is 2.30 bits per heavy atom. The molecule has 1 fully saturated rings. The molecular formula is C23H27N3O2S2. The zero-order valence-electron chi connectivity index (χ0n) is 17.6. The van der Waals surface area contributed by atoms with Gasteiger partial charge < -0.3 is 4.90 Å². The molecule has 1 aromatic heterocycles. The Morgan fingerprint density at radius 1 is 1.00 bits per heavy atom. The molecule has 4 rings (SSSR count). The maximum absolute atomic E-state index is 13.6. The van der Waals surface area contributed by atoms with E-state index in [1.807, 2.05) is 62.5 Å². The first-order chi connectivity index (χ1) is 14.4. The van der Waals surface area contributed by atoms with Gasteiger partial charge in [0.05, 0.1) is 15.6 Å². The SMILES string of the molecule is Cc1nc(-c2ccc(C(C)C)c(S(=O)(=O)N3CCN(c4ccccc4)CC3)c2)cs1. The average molecular weight is 442 g/mol. The molecule has 1 saturated heterocycles. The lowest BCUT2D eigenvalue weighted by Crippen LogP contribution is -2.48. The summed E-state index contributed by atoms with van der Waals surface area (Å²) in [6.45, 7) is 8.36. The van der Waals surface area contributed by atoms with Crippen LogP contribution in [0.3, 0.4) is 0 Å². The van der Waals surface area contributed by atoms with Crippen molar-refractivity contribution < 1.29 is 8.42 Å². The van der Waals surface area contributed by atoms with Gasteiger partial charge in [0.2, 0.25) is 10.0 Å². The summed E-state index contributed by atoms with van der Waals surface area (Å²) < 4.78 is 28.9. The van der Waals surface area contributed by atoms with Crippen molar-refractivity contribution in [1.29, 1.82) is 0 Å². The maximum atomic E-state index is 13.6. The van der Waals surface area contributed by atoms with Crippen LogP contribution >= 0.6 is 11.3 Å². The first-order valence-corrected chi connectivity index (χ1v) is 12.5. The number of thiazole rings is 1. The number of para-hydroxylation sites is 1. The highest BCUT2D eigenvalue weighted by molar-refractivity contribution is 7.89. The molecule has 3 aromatic rings. The van der Waals surface area contributed by atoms with E-state index >= 15 is 0 Å². The van der Waals surface area contributed by atoms with E-state index in [-0.39, 0.29) is 5.92 Å². The third-order valence-corrected chi connectivity index (χ3v) is 8.26. The highest BCUT2D eigenvalue weighted by Crippen LogP contribution is 2.32. The fraction of sp³-hybridized carbons (Fsp3) is 0.348. The van der Waals surface area contributed by atoms with E-state index in [9.17, 15) is 8.42 Å². The van der Waals surface area contributed by atoms with Crippen molar-refractivity contribution in [2.24, 2.45) is 0 Å². The molecule has 0 aliphatic carbocycles. The van der Waals surface area contributed by atoms with Gasteiger partial charge >= 0.3 is 0 Å². The van der Waals surface area contributed by atoms with Gasteiger partial charge in [-0.1, -0.05) is 44.2 Å². The monoisotopic (exact) mass is 441 g/mol. The molecule has 0 N–H and O–H groups in total. The quantitative estimate of drug-likeness (QED) is 0.573. The number of aromatic nitrogens is 1. The average Bonchev–Trinajstić information content (AvgIpc) is 3.20. The molecule has 0 bridgehead atoms. The molecule has 158 valence electrons. The van der Waals surface area contributed by atoms with Gasteiger partial charge in [0.15, 0.2) is 0 Å². The Morgan fingerprint density at radius 2 is 1.70 bits per heavy atom. The van der Waals surface area contributed by atoms with Gasteiger partial charge in [-0.3, -0.25) is 0 Å². The standard InChI is InChI=1S/C23H27N3O2S2/c1-17(2)21-10-9-19(22-16-29-18(3)24-22)15-23(21)30(27,28)26-13-11-25(12-14-26)20-7-5-4-6-8-20/h4-10,15-17H,11-14H2,1-3H3. The maximum Gasteiger partial charge on any atom is 0.243 e. The minimum atomic E-state index is -3.58. The topological polar surface area (TPSA) is 53.5 Å². The van der Waals surface area contributed by atoms with Crippen LogP contribution in [0.15, 0.2) is 58.8 Å². The zero-order chi connectivity index (χ0) is 21.3. The summed E-state index contributed by atoms with van der Waals surface area (Å²) in [6, 6.07) is 15.9. The Bertz CT molecular complexity index is 1120. The molecule has 7 heteroatoms. The summed E-state index contributed by atoms with van der Waals surface area (Å²) in [5.74, 6) is 0.117. The Hall–Kier alpha value is -2.22. The molecule has 1 aliphatic rings. The zero-order valence-corrected chi connectivity index (χ0v) is 19.2. The van der Waals surface area contributed by atoms with Crippen molar-refractivity contribution in [2.45, 2.75) is 31.6 Å². The molecule has 0 amide bonds.